The van der Waals surface area contributed by atoms with Crippen LogP contribution in [-0.4, -0.2) is 25.0 Å². The number of esters is 1. The summed E-state index contributed by atoms with van der Waals surface area (Å²) in [4.78, 5) is 24.0. The van der Waals surface area contributed by atoms with Crippen molar-refractivity contribution in [1.82, 2.24) is 0 Å². The van der Waals surface area contributed by atoms with E-state index in [0.29, 0.717) is 12.1 Å². The zero-order chi connectivity index (χ0) is 18.4. The van der Waals surface area contributed by atoms with Crippen molar-refractivity contribution in [3.8, 4) is 5.75 Å². The molecule has 0 fully saturated rings. The molecule has 0 atom stereocenters. The van der Waals surface area contributed by atoms with E-state index in [1.54, 1.807) is 25.1 Å². The molecule has 0 aliphatic carbocycles. The number of carbonyl (C=O) groups is 2. The molecule has 25 heavy (non-hydrogen) atoms. The third kappa shape index (κ3) is 4.72. The van der Waals surface area contributed by atoms with Crippen molar-refractivity contribution in [3.05, 3.63) is 63.1 Å². The van der Waals surface area contributed by atoms with Crippen LogP contribution in [0.15, 0.2) is 36.4 Å². The topological polar surface area (TPSA) is 78.6 Å². The van der Waals surface area contributed by atoms with Crippen LogP contribution in [0.25, 0.3) is 0 Å². The molecular formula is C18H17Cl2NO4. The number of halogens is 2. The molecule has 0 spiro atoms. The van der Waals surface area contributed by atoms with E-state index in [0.717, 1.165) is 5.56 Å². The van der Waals surface area contributed by atoms with Gasteiger partial charge in [0, 0.05) is 17.7 Å². The number of hydrogen-bond donors (Lipinski definition) is 1. The van der Waals surface area contributed by atoms with Crippen LogP contribution >= 0.6 is 23.2 Å². The molecule has 0 amide bonds. The Morgan fingerprint density at radius 3 is 2.56 bits per heavy atom. The van der Waals surface area contributed by atoms with Crippen LogP contribution in [-0.2, 0) is 16.1 Å². The Hall–Kier alpha value is -2.08. The Balaban J connectivity index is 2.24. The highest BCUT2D eigenvalue weighted by molar-refractivity contribution is 6.45. The lowest BCUT2D eigenvalue weighted by atomic mass is 10.0. The fourth-order valence-electron chi connectivity index (χ4n) is 2.15. The van der Waals surface area contributed by atoms with Gasteiger partial charge in [-0.15, -0.1) is 0 Å². The standard InChI is InChI=1S/C18H17Cl2NO4/c1-2-24-15(22)10-25-14-7-6-13(16(19)17(14)20)18(23)12-5-3-4-11(8-12)9-21/h3-8H,2,9-10,21H2,1H3. The van der Waals surface area contributed by atoms with Crippen LogP contribution in [0.3, 0.4) is 0 Å². The monoisotopic (exact) mass is 381 g/mol. The summed E-state index contributed by atoms with van der Waals surface area (Å²) >= 11 is 12.4. The second kappa shape index (κ2) is 8.85. The number of hydrogen-bond acceptors (Lipinski definition) is 5. The predicted molar refractivity (Wildman–Crippen MR) is 96.4 cm³/mol. The lowest BCUT2D eigenvalue weighted by molar-refractivity contribution is -0.145. The zero-order valence-electron chi connectivity index (χ0n) is 13.6. The van der Waals surface area contributed by atoms with Crippen LogP contribution < -0.4 is 10.5 Å². The largest absolute Gasteiger partial charge is 0.480 e. The molecule has 2 N–H and O–H groups in total. The van der Waals surface area contributed by atoms with Gasteiger partial charge >= 0.3 is 5.97 Å². The summed E-state index contributed by atoms with van der Waals surface area (Å²) < 4.78 is 10.1. The first kappa shape index (κ1) is 19.2. The molecular weight excluding hydrogens is 365 g/mol. The van der Waals surface area contributed by atoms with Crippen molar-refractivity contribution in [1.29, 1.82) is 0 Å². The van der Waals surface area contributed by atoms with Crippen LogP contribution in [0.2, 0.25) is 10.0 Å². The third-order valence-corrected chi connectivity index (χ3v) is 4.23. The second-order valence-corrected chi connectivity index (χ2v) is 5.82. The van der Waals surface area contributed by atoms with Crippen LogP contribution in [0.4, 0.5) is 0 Å². The number of ketones is 1. The molecule has 2 aromatic rings. The maximum Gasteiger partial charge on any atom is 0.344 e. The van der Waals surface area contributed by atoms with E-state index in [9.17, 15) is 9.59 Å². The van der Waals surface area contributed by atoms with E-state index >= 15 is 0 Å². The fraction of sp³-hybridized carbons (Fsp3) is 0.222. The summed E-state index contributed by atoms with van der Waals surface area (Å²) in [6, 6.07) is 9.97. The van der Waals surface area contributed by atoms with Gasteiger partial charge in [0.25, 0.3) is 0 Å². The Labute approximate surface area is 155 Å². The molecule has 0 heterocycles. The van der Waals surface area contributed by atoms with E-state index in [-0.39, 0.29) is 40.4 Å². The van der Waals surface area contributed by atoms with Crippen LogP contribution in [0, 0.1) is 0 Å². The Kier molecular flexibility index (Phi) is 6.82. The van der Waals surface area contributed by atoms with E-state index in [1.165, 1.54) is 12.1 Å². The van der Waals surface area contributed by atoms with Crippen molar-refractivity contribution in [2.45, 2.75) is 13.5 Å². The van der Waals surface area contributed by atoms with Crippen LogP contribution in [0.1, 0.15) is 28.4 Å². The van der Waals surface area contributed by atoms with E-state index in [2.05, 4.69) is 0 Å². The van der Waals surface area contributed by atoms with Gasteiger partial charge in [-0.1, -0.05) is 41.4 Å². The summed E-state index contributed by atoms with van der Waals surface area (Å²) in [6.07, 6.45) is 0. The second-order valence-electron chi connectivity index (χ2n) is 5.07. The van der Waals surface area contributed by atoms with Crippen molar-refractivity contribution in [2.75, 3.05) is 13.2 Å². The highest BCUT2D eigenvalue weighted by atomic mass is 35.5. The normalized spacial score (nSPS) is 10.4. The maximum atomic E-state index is 12.7. The van der Waals surface area contributed by atoms with Gasteiger partial charge in [0.15, 0.2) is 12.4 Å². The highest BCUT2D eigenvalue weighted by Crippen LogP contribution is 2.35. The quantitative estimate of drug-likeness (QED) is 0.585. The third-order valence-electron chi connectivity index (χ3n) is 3.37. The number of ether oxygens (including phenoxy) is 2. The summed E-state index contributed by atoms with van der Waals surface area (Å²) in [5, 5.41) is 0.123. The van der Waals surface area contributed by atoms with E-state index < -0.39 is 5.97 Å². The fourth-order valence-corrected chi connectivity index (χ4v) is 2.61. The minimum atomic E-state index is -0.520. The molecule has 0 bridgehead atoms. The molecule has 2 aromatic carbocycles. The molecule has 132 valence electrons. The molecule has 0 radical (unpaired) electrons. The molecule has 0 aromatic heterocycles. The zero-order valence-corrected chi connectivity index (χ0v) is 15.1. The smallest absolute Gasteiger partial charge is 0.344 e. The molecule has 0 aliphatic rings. The molecule has 0 unspecified atom stereocenters. The van der Waals surface area contributed by atoms with Gasteiger partial charge in [0.05, 0.1) is 11.6 Å². The number of rotatable bonds is 7. The predicted octanol–water partition coefficient (Wildman–Crippen LogP) is 3.63. The Morgan fingerprint density at radius 1 is 1.12 bits per heavy atom. The van der Waals surface area contributed by atoms with Crippen molar-refractivity contribution in [3.63, 3.8) is 0 Å². The number of carbonyl (C=O) groups excluding carboxylic acids is 2. The molecule has 0 saturated carbocycles. The van der Waals surface area contributed by atoms with Gasteiger partial charge in [0.1, 0.15) is 10.8 Å². The van der Waals surface area contributed by atoms with Gasteiger partial charge in [-0.3, -0.25) is 4.79 Å². The minimum Gasteiger partial charge on any atom is -0.480 e. The van der Waals surface area contributed by atoms with Crippen molar-refractivity contribution in [2.24, 2.45) is 5.73 Å². The van der Waals surface area contributed by atoms with E-state index in [1.807, 2.05) is 6.07 Å². The first-order valence-electron chi connectivity index (χ1n) is 7.58. The van der Waals surface area contributed by atoms with Gasteiger partial charge in [0.2, 0.25) is 0 Å². The van der Waals surface area contributed by atoms with Gasteiger partial charge in [-0.25, -0.2) is 4.79 Å². The van der Waals surface area contributed by atoms with Crippen LogP contribution in [0.5, 0.6) is 5.75 Å². The maximum absolute atomic E-state index is 12.7. The Bertz CT molecular complexity index is 793. The molecule has 5 nitrogen and oxygen atoms in total. The number of nitrogens with two attached hydrogens (primary N) is 1. The van der Waals surface area contributed by atoms with E-state index in [4.69, 9.17) is 38.4 Å². The summed E-state index contributed by atoms with van der Waals surface area (Å²) in [6.45, 7) is 1.99. The summed E-state index contributed by atoms with van der Waals surface area (Å²) in [5.74, 6) is -0.598. The lowest BCUT2D eigenvalue weighted by Gasteiger charge is -2.11. The Morgan fingerprint density at radius 2 is 1.88 bits per heavy atom. The molecule has 7 heteroatoms. The first-order chi connectivity index (χ1) is 12.0. The SMILES string of the molecule is CCOC(=O)COc1ccc(C(=O)c2cccc(CN)c2)c(Cl)c1Cl. The van der Waals surface area contributed by atoms with Gasteiger partial charge in [-0.2, -0.15) is 0 Å². The summed E-state index contributed by atoms with van der Waals surface area (Å²) in [7, 11) is 0. The summed E-state index contributed by atoms with van der Waals surface area (Å²) in [5.41, 5.74) is 7.13. The van der Waals surface area contributed by atoms with Gasteiger partial charge in [-0.05, 0) is 30.7 Å². The minimum absolute atomic E-state index is 0.0613. The average molecular weight is 382 g/mol. The van der Waals surface area contributed by atoms with Crippen molar-refractivity contribution >= 4 is 35.0 Å². The average Bonchev–Trinajstić information content (AvgIpc) is 2.62. The molecule has 0 aliphatic heterocycles. The highest BCUT2D eigenvalue weighted by Gasteiger charge is 2.19. The molecule has 2 rings (SSSR count). The first-order valence-corrected chi connectivity index (χ1v) is 8.33. The molecule has 0 saturated heterocycles. The lowest BCUT2D eigenvalue weighted by Crippen LogP contribution is -2.15. The van der Waals surface area contributed by atoms with Gasteiger partial charge < -0.3 is 15.2 Å². The number of benzene rings is 2. The van der Waals surface area contributed by atoms with Crippen molar-refractivity contribution < 1.29 is 19.1 Å².